The molecule has 184 valence electrons. The number of morpholine rings is 1. The van der Waals surface area contributed by atoms with Gasteiger partial charge in [0.2, 0.25) is 21.9 Å². The van der Waals surface area contributed by atoms with E-state index in [4.69, 9.17) is 4.74 Å². The summed E-state index contributed by atoms with van der Waals surface area (Å²) in [5.41, 5.74) is 0.960. The molecular formula is C20H23F3N6O4S. The molecule has 1 aromatic heterocycles. The predicted octanol–water partition coefficient (Wildman–Crippen LogP) is 1.88. The van der Waals surface area contributed by atoms with Gasteiger partial charge in [-0.25, -0.2) is 18.1 Å². The van der Waals surface area contributed by atoms with Gasteiger partial charge in [0.05, 0.1) is 24.9 Å². The van der Waals surface area contributed by atoms with Crippen LogP contribution in [0.15, 0.2) is 24.4 Å². The number of benzene rings is 1. The fourth-order valence-electron chi connectivity index (χ4n) is 3.67. The molecule has 3 N–H and O–H groups in total. The van der Waals surface area contributed by atoms with E-state index < -0.39 is 27.9 Å². The van der Waals surface area contributed by atoms with Gasteiger partial charge in [-0.1, -0.05) is 0 Å². The third-order valence-electron chi connectivity index (χ3n) is 5.41. The van der Waals surface area contributed by atoms with Gasteiger partial charge >= 0.3 is 6.18 Å². The number of fused-ring (bicyclic) bond motifs is 1. The van der Waals surface area contributed by atoms with Crippen molar-refractivity contribution in [2.24, 2.45) is 0 Å². The Morgan fingerprint density at radius 2 is 2.12 bits per heavy atom. The molecule has 2 aromatic rings. The number of anilines is 4. The molecule has 2 aliphatic rings. The first-order chi connectivity index (χ1) is 16.0. The summed E-state index contributed by atoms with van der Waals surface area (Å²) in [4.78, 5) is 20.9. The molecule has 1 amide bonds. The number of halogens is 3. The van der Waals surface area contributed by atoms with Gasteiger partial charge in [0.15, 0.2) is 0 Å². The lowest BCUT2D eigenvalue weighted by Gasteiger charge is -2.35. The van der Waals surface area contributed by atoms with E-state index in [0.29, 0.717) is 17.6 Å². The van der Waals surface area contributed by atoms with E-state index in [1.165, 1.54) is 11.8 Å². The largest absolute Gasteiger partial charge is 0.421 e. The summed E-state index contributed by atoms with van der Waals surface area (Å²) >= 11 is 0. The van der Waals surface area contributed by atoms with Crippen LogP contribution in [0.1, 0.15) is 18.1 Å². The zero-order valence-corrected chi connectivity index (χ0v) is 19.0. The topological polar surface area (TPSA) is 126 Å². The minimum atomic E-state index is -4.69. The van der Waals surface area contributed by atoms with Crippen molar-refractivity contribution >= 4 is 39.1 Å². The maximum absolute atomic E-state index is 13.7. The van der Waals surface area contributed by atoms with Gasteiger partial charge in [0, 0.05) is 37.2 Å². The van der Waals surface area contributed by atoms with Crippen LogP contribution in [0.3, 0.4) is 0 Å². The Bertz CT molecular complexity index is 1190. The van der Waals surface area contributed by atoms with Crippen molar-refractivity contribution in [3.63, 3.8) is 0 Å². The van der Waals surface area contributed by atoms with Crippen molar-refractivity contribution in [3.8, 4) is 0 Å². The van der Waals surface area contributed by atoms with Crippen LogP contribution in [0.2, 0.25) is 0 Å². The van der Waals surface area contributed by atoms with Crippen LogP contribution in [0.5, 0.6) is 0 Å². The van der Waals surface area contributed by atoms with Gasteiger partial charge in [-0.05, 0) is 30.7 Å². The minimum absolute atomic E-state index is 0.0123. The second-order valence-electron chi connectivity index (χ2n) is 7.84. The van der Waals surface area contributed by atoms with Crippen LogP contribution in [-0.2, 0) is 32.2 Å². The second kappa shape index (κ2) is 9.35. The number of carbonyl (C=O) groups is 1. The Morgan fingerprint density at radius 1 is 1.32 bits per heavy atom. The first kappa shape index (κ1) is 24.2. The average molecular weight is 501 g/mol. The molecular weight excluding hydrogens is 477 g/mol. The molecule has 0 bridgehead atoms. The molecule has 1 atom stereocenters. The Labute approximate surface area is 194 Å². The Kier molecular flexibility index (Phi) is 6.64. The Balaban J connectivity index is 1.56. The quantitative estimate of drug-likeness (QED) is 0.526. The Hall–Kier alpha value is -2.97. The number of amides is 1. The maximum Gasteiger partial charge on any atom is 0.421 e. The zero-order chi connectivity index (χ0) is 24.5. The van der Waals surface area contributed by atoms with Crippen LogP contribution in [0.4, 0.5) is 36.3 Å². The number of hydrogen-bond acceptors (Lipinski definition) is 8. The lowest BCUT2D eigenvalue weighted by molar-refractivity contribution is -0.137. The summed E-state index contributed by atoms with van der Waals surface area (Å²) in [6.45, 7) is 1.68. The highest BCUT2D eigenvalue weighted by Gasteiger charge is 2.38. The summed E-state index contributed by atoms with van der Waals surface area (Å²) < 4.78 is 72.4. The highest BCUT2D eigenvalue weighted by molar-refractivity contribution is 7.89. The SMILES string of the molecule is CCS(=O)(=O)NCC1CN(c2nc(Nc3ccc4c(c3)CC(=O)N4)ncc2C(F)(F)F)CCO1. The van der Waals surface area contributed by atoms with Gasteiger partial charge in [-0.15, -0.1) is 0 Å². The number of nitrogens with one attached hydrogen (secondary N) is 3. The molecule has 3 heterocycles. The van der Waals surface area contributed by atoms with E-state index in [-0.39, 0.29) is 56.1 Å². The number of rotatable bonds is 7. The molecule has 0 saturated carbocycles. The average Bonchev–Trinajstić information content (AvgIpc) is 3.16. The molecule has 34 heavy (non-hydrogen) atoms. The molecule has 1 unspecified atom stereocenters. The number of ether oxygens (including phenoxy) is 1. The van der Waals surface area contributed by atoms with Crippen LogP contribution < -0.4 is 20.3 Å². The molecule has 4 rings (SSSR count). The van der Waals surface area contributed by atoms with Crippen molar-refractivity contribution < 1.29 is 31.1 Å². The molecule has 14 heteroatoms. The van der Waals surface area contributed by atoms with Crippen molar-refractivity contribution in [2.45, 2.75) is 25.6 Å². The van der Waals surface area contributed by atoms with Crippen LogP contribution >= 0.6 is 0 Å². The van der Waals surface area contributed by atoms with Crippen molar-refractivity contribution in [3.05, 3.63) is 35.5 Å². The van der Waals surface area contributed by atoms with Crippen molar-refractivity contribution in [1.82, 2.24) is 14.7 Å². The molecule has 1 aromatic carbocycles. The molecule has 2 aliphatic heterocycles. The van der Waals surface area contributed by atoms with Crippen molar-refractivity contribution in [1.29, 1.82) is 0 Å². The first-order valence-corrected chi connectivity index (χ1v) is 12.2. The fraction of sp³-hybridized carbons (Fsp3) is 0.450. The second-order valence-corrected chi connectivity index (χ2v) is 9.94. The van der Waals surface area contributed by atoms with E-state index in [9.17, 15) is 26.4 Å². The number of alkyl halides is 3. The molecule has 0 aliphatic carbocycles. The summed E-state index contributed by atoms with van der Waals surface area (Å²) in [5, 5.41) is 5.60. The van der Waals surface area contributed by atoms with Gasteiger partial charge in [-0.3, -0.25) is 4.79 Å². The highest BCUT2D eigenvalue weighted by atomic mass is 32.2. The molecule has 1 saturated heterocycles. The van der Waals surface area contributed by atoms with Crippen LogP contribution in [0, 0.1) is 0 Å². The number of sulfonamides is 1. The summed E-state index contributed by atoms with van der Waals surface area (Å²) in [6, 6.07) is 5.06. The molecule has 10 nitrogen and oxygen atoms in total. The highest BCUT2D eigenvalue weighted by Crippen LogP contribution is 2.36. The van der Waals surface area contributed by atoms with Crippen LogP contribution in [0.25, 0.3) is 0 Å². The number of hydrogen-bond donors (Lipinski definition) is 3. The fourth-order valence-corrected chi connectivity index (χ4v) is 4.31. The zero-order valence-electron chi connectivity index (χ0n) is 18.1. The summed E-state index contributed by atoms with van der Waals surface area (Å²) in [5.74, 6) is -0.622. The van der Waals surface area contributed by atoms with Gasteiger partial charge in [-0.2, -0.15) is 18.2 Å². The monoisotopic (exact) mass is 500 g/mol. The first-order valence-electron chi connectivity index (χ1n) is 10.5. The maximum atomic E-state index is 13.7. The molecule has 1 fully saturated rings. The minimum Gasteiger partial charge on any atom is -0.373 e. The number of carbonyl (C=O) groups excluding carboxylic acids is 1. The van der Waals surface area contributed by atoms with E-state index in [1.54, 1.807) is 18.2 Å². The molecule has 0 spiro atoms. The standard InChI is InChI=1S/C20H23F3N6O4S/c1-2-34(31,32)25-9-14-11-29(5-6-33-14)18-15(20(21,22)23)10-24-19(28-18)26-13-3-4-16-12(7-13)8-17(30)27-16/h3-4,7,10,14,25H,2,5-6,8-9,11H2,1H3,(H,27,30)(H,24,26,28). The smallest absolute Gasteiger partial charge is 0.373 e. The van der Waals surface area contributed by atoms with E-state index >= 15 is 0 Å². The van der Waals surface area contributed by atoms with E-state index in [0.717, 1.165) is 5.56 Å². The van der Waals surface area contributed by atoms with Gasteiger partial charge < -0.3 is 20.3 Å². The van der Waals surface area contributed by atoms with Gasteiger partial charge in [0.1, 0.15) is 11.4 Å². The number of aromatic nitrogens is 2. The summed E-state index contributed by atoms with van der Waals surface area (Å²) in [6.07, 6.45) is -4.41. The normalized spacial score (nSPS) is 18.5. The summed E-state index contributed by atoms with van der Waals surface area (Å²) in [7, 11) is -3.47. The molecule has 0 radical (unpaired) electrons. The van der Waals surface area contributed by atoms with E-state index in [2.05, 4.69) is 25.3 Å². The predicted molar refractivity (Wildman–Crippen MR) is 119 cm³/mol. The third kappa shape index (κ3) is 5.56. The lowest BCUT2D eigenvalue weighted by atomic mass is 10.1. The third-order valence-corrected chi connectivity index (χ3v) is 6.78. The Morgan fingerprint density at radius 3 is 2.85 bits per heavy atom. The van der Waals surface area contributed by atoms with Crippen molar-refractivity contribution in [2.75, 3.05) is 47.5 Å². The number of nitrogens with zero attached hydrogens (tertiary/aromatic N) is 3. The lowest BCUT2D eigenvalue weighted by Crippen LogP contribution is -2.48. The van der Waals surface area contributed by atoms with E-state index in [1.807, 2.05) is 0 Å². The van der Waals surface area contributed by atoms with Gasteiger partial charge in [0.25, 0.3) is 0 Å². The van der Waals surface area contributed by atoms with Crippen LogP contribution in [-0.4, -0.2) is 62.4 Å².